The highest BCUT2D eigenvalue weighted by Crippen LogP contribution is 2.29. The second kappa shape index (κ2) is 5.92. The van der Waals surface area contributed by atoms with Crippen molar-refractivity contribution in [3.8, 4) is 11.5 Å². The number of rotatable bonds is 6. The van der Waals surface area contributed by atoms with Crippen molar-refractivity contribution >= 4 is 0 Å². The monoisotopic (exact) mass is 237 g/mol. The Morgan fingerprint density at radius 3 is 2.65 bits per heavy atom. The highest BCUT2D eigenvalue weighted by Gasteiger charge is 2.14. The van der Waals surface area contributed by atoms with Crippen LogP contribution >= 0.6 is 0 Å². The number of hydrogen-bond acceptors (Lipinski definition) is 3. The van der Waals surface area contributed by atoms with Crippen molar-refractivity contribution in [1.29, 1.82) is 0 Å². The maximum absolute atomic E-state index is 9.91. The van der Waals surface area contributed by atoms with E-state index >= 15 is 0 Å². The Bertz CT molecular complexity index is 361. The predicted molar refractivity (Wildman–Crippen MR) is 70.4 cm³/mol. The number of methoxy groups -OCH3 is 1. The van der Waals surface area contributed by atoms with Gasteiger partial charge >= 0.3 is 0 Å². The molecule has 1 rings (SSSR count). The third-order valence-electron chi connectivity index (χ3n) is 3.18. The first-order chi connectivity index (χ1) is 8.00. The van der Waals surface area contributed by atoms with Crippen LogP contribution in [0.15, 0.2) is 18.2 Å². The number of aromatic hydroxyl groups is 1. The number of benzene rings is 1. The zero-order valence-electron chi connectivity index (χ0n) is 11.2. The lowest BCUT2D eigenvalue weighted by Crippen LogP contribution is -2.28. The highest BCUT2D eigenvalue weighted by atomic mass is 16.5. The van der Waals surface area contributed by atoms with Gasteiger partial charge in [0.15, 0.2) is 11.5 Å². The Balaban J connectivity index is 2.58. The molecule has 0 aliphatic carbocycles. The Labute approximate surface area is 104 Å². The minimum absolute atomic E-state index is 0.233. The largest absolute Gasteiger partial charge is 0.504 e. The second-order valence-electron chi connectivity index (χ2n) is 5.09. The molecule has 1 aromatic carbocycles. The normalized spacial score (nSPS) is 11.5. The van der Waals surface area contributed by atoms with Gasteiger partial charge in [-0.25, -0.2) is 0 Å². The van der Waals surface area contributed by atoms with Crippen molar-refractivity contribution in [2.45, 2.75) is 33.7 Å². The van der Waals surface area contributed by atoms with E-state index in [2.05, 4.69) is 26.1 Å². The topological polar surface area (TPSA) is 41.5 Å². The molecule has 0 bridgehead atoms. The van der Waals surface area contributed by atoms with E-state index in [-0.39, 0.29) is 11.2 Å². The number of hydrogen-bond donors (Lipinski definition) is 2. The van der Waals surface area contributed by atoms with Gasteiger partial charge in [0.05, 0.1) is 7.11 Å². The molecule has 0 fully saturated rings. The standard InChI is InChI=1S/C14H23NO2/c1-5-14(2,3)10-15-9-11-7-6-8-12(17-4)13(11)16/h6-8,15-16H,5,9-10H2,1-4H3. The summed E-state index contributed by atoms with van der Waals surface area (Å²) >= 11 is 0. The van der Waals surface area contributed by atoms with Crippen LogP contribution in [0, 0.1) is 5.41 Å². The predicted octanol–water partition coefficient (Wildman–Crippen LogP) is 2.93. The lowest BCUT2D eigenvalue weighted by atomic mass is 9.90. The van der Waals surface area contributed by atoms with Crippen LogP contribution in [-0.4, -0.2) is 18.8 Å². The molecular formula is C14H23NO2. The number of para-hydroxylation sites is 1. The lowest BCUT2D eigenvalue weighted by Gasteiger charge is -2.23. The Morgan fingerprint density at radius 2 is 2.06 bits per heavy atom. The maximum atomic E-state index is 9.91. The minimum atomic E-state index is 0.233. The first-order valence-corrected chi connectivity index (χ1v) is 6.05. The van der Waals surface area contributed by atoms with E-state index in [1.807, 2.05) is 12.1 Å². The van der Waals surface area contributed by atoms with Gasteiger partial charge < -0.3 is 15.2 Å². The van der Waals surface area contributed by atoms with Crippen molar-refractivity contribution in [2.24, 2.45) is 5.41 Å². The first-order valence-electron chi connectivity index (χ1n) is 6.05. The van der Waals surface area contributed by atoms with Crippen LogP contribution in [0.5, 0.6) is 11.5 Å². The van der Waals surface area contributed by atoms with Crippen LogP contribution in [-0.2, 0) is 6.54 Å². The molecule has 0 aliphatic heterocycles. The molecule has 0 atom stereocenters. The quantitative estimate of drug-likeness (QED) is 0.799. The molecule has 17 heavy (non-hydrogen) atoms. The number of nitrogens with one attached hydrogen (secondary N) is 1. The van der Waals surface area contributed by atoms with E-state index in [9.17, 15) is 5.11 Å². The summed E-state index contributed by atoms with van der Waals surface area (Å²) in [7, 11) is 1.56. The summed E-state index contributed by atoms with van der Waals surface area (Å²) in [5, 5.41) is 13.3. The van der Waals surface area contributed by atoms with E-state index in [0.717, 1.165) is 18.5 Å². The van der Waals surface area contributed by atoms with Crippen molar-refractivity contribution in [2.75, 3.05) is 13.7 Å². The fraction of sp³-hybridized carbons (Fsp3) is 0.571. The minimum Gasteiger partial charge on any atom is -0.504 e. The molecule has 0 heterocycles. The van der Waals surface area contributed by atoms with Gasteiger partial charge in [0, 0.05) is 18.7 Å². The van der Waals surface area contributed by atoms with Gasteiger partial charge in [-0.3, -0.25) is 0 Å². The molecular weight excluding hydrogens is 214 g/mol. The molecule has 96 valence electrons. The number of phenolic OH excluding ortho intramolecular Hbond substituents is 1. The second-order valence-corrected chi connectivity index (χ2v) is 5.09. The summed E-state index contributed by atoms with van der Waals surface area (Å²) in [6, 6.07) is 5.55. The molecule has 0 aliphatic rings. The van der Waals surface area contributed by atoms with Gasteiger partial charge in [0.1, 0.15) is 0 Å². The maximum Gasteiger partial charge on any atom is 0.162 e. The van der Waals surface area contributed by atoms with Crippen LogP contribution in [0.25, 0.3) is 0 Å². The van der Waals surface area contributed by atoms with Gasteiger partial charge in [-0.15, -0.1) is 0 Å². The van der Waals surface area contributed by atoms with Crippen molar-refractivity contribution < 1.29 is 9.84 Å². The van der Waals surface area contributed by atoms with Crippen LogP contribution in [0.4, 0.5) is 0 Å². The van der Waals surface area contributed by atoms with E-state index in [1.54, 1.807) is 13.2 Å². The van der Waals surface area contributed by atoms with Gasteiger partial charge in [-0.05, 0) is 17.9 Å². The summed E-state index contributed by atoms with van der Waals surface area (Å²) < 4.78 is 5.08. The highest BCUT2D eigenvalue weighted by molar-refractivity contribution is 5.45. The molecule has 0 amide bonds. The van der Waals surface area contributed by atoms with Gasteiger partial charge in [0.2, 0.25) is 0 Å². The van der Waals surface area contributed by atoms with E-state index in [0.29, 0.717) is 12.3 Å². The summed E-state index contributed by atoms with van der Waals surface area (Å²) in [6.45, 7) is 8.23. The van der Waals surface area contributed by atoms with Crippen LogP contribution in [0.1, 0.15) is 32.8 Å². The Hall–Kier alpha value is -1.22. The van der Waals surface area contributed by atoms with Crippen LogP contribution < -0.4 is 10.1 Å². The van der Waals surface area contributed by atoms with Crippen LogP contribution in [0.3, 0.4) is 0 Å². The molecule has 0 spiro atoms. The summed E-state index contributed by atoms with van der Waals surface area (Å²) in [6.07, 6.45) is 1.13. The third-order valence-corrected chi connectivity index (χ3v) is 3.18. The van der Waals surface area contributed by atoms with Crippen LogP contribution in [0.2, 0.25) is 0 Å². The average Bonchev–Trinajstić information content (AvgIpc) is 2.31. The van der Waals surface area contributed by atoms with E-state index < -0.39 is 0 Å². The number of phenols is 1. The molecule has 2 N–H and O–H groups in total. The van der Waals surface area contributed by atoms with Crippen molar-refractivity contribution in [3.05, 3.63) is 23.8 Å². The Morgan fingerprint density at radius 1 is 1.35 bits per heavy atom. The summed E-state index contributed by atoms with van der Waals surface area (Å²) in [4.78, 5) is 0. The fourth-order valence-electron chi connectivity index (χ4n) is 1.54. The molecule has 1 aromatic rings. The zero-order chi connectivity index (χ0) is 12.9. The molecule has 3 heteroatoms. The summed E-state index contributed by atoms with van der Waals surface area (Å²) in [5.41, 5.74) is 1.16. The molecule has 0 saturated heterocycles. The SMILES string of the molecule is CCC(C)(C)CNCc1cccc(OC)c1O. The average molecular weight is 237 g/mol. The fourth-order valence-corrected chi connectivity index (χ4v) is 1.54. The van der Waals surface area contributed by atoms with E-state index in [4.69, 9.17) is 4.74 Å². The smallest absolute Gasteiger partial charge is 0.162 e. The van der Waals surface area contributed by atoms with Gasteiger partial charge in [-0.1, -0.05) is 32.9 Å². The van der Waals surface area contributed by atoms with E-state index in [1.165, 1.54) is 0 Å². The van der Waals surface area contributed by atoms with Crippen molar-refractivity contribution in [1.82, 2.24) is 5.32 Å². The van der Waals surface area contributed by atoms with Gasteiger partial charge in [-0.2, -0.15) is 0 Å². The lowest BCUT2D eigenvalue weighted by molar-refractivity contribution is 0.325. The molecule has 0 aromatic heterocycles. The molecule has 3 nitrogen and oxygen atoms in total. The molecule has 0 unspecified atom stereocenters. The number of ether oxygens (including phenoxy) is 1. The third kappa shape index (κ3) is 3.93. The molecule has 0 radical (unpaired) electrons. The molecule has 0 saturated carbocycles. The zero-order valence-corrected chi connectivity index (χ0v) is 11.2. The van der Waals surface area contributed by atoms with Crippen molar-refractivity contribution in [3.63, 3.8) is 0 Å². The van der Waals surface area contributed by atoms with Gasteiger partial charge in [0.25, 0.3) is 0 Å². The summed E-state index contributed by atoms with van der Waals surface area (Å²) in [5.74, 6) is 0.760. The Kier molecular flexibility index (Phi) is 4.82. The first kappa shape index (κ1) is 13.8.